The normalized spacial score (nSPS) is 31.3. The largest absolute Gasteiger partial charge is 0.396 e. The molecule has 2 aliphatic carbocycles. The number of rotatable bonds is 3. The third-order valence-electron chi connectivity index (χ3n) is 4.37. The Morgan fingerprint density at radius 2 is 1.72 bits per heavy atom. The fraction of sp³-hybridized carbons (Fsp3) is 0.929. The van der Waals surface area contributed by atoms with Crippen LogP contribution in [0.1, 0.15) is 57.8 Å². The number of aliphatic hydroxyl groups is 1. The Balaban J connectivity index is 1.85. The SMILES string of the molecule is NC(=NC1CCCCC1CO)NC1CCCCC1. The zero-order chi connectivity index (χ0) is 12.8. The van der Waals surface area contributed by atoms with Gasteiger partial charge in [-0.2, -0.15) is 0 Å². The monoisotopic (exact) mass is 253 g/mol. The van der Waals surface area contributed by atoms with Gasteiger partial charge in [0.15, 0.2) is 5.96 Å². The van der Waals surface area contributed by atoms with Gasteiger partial charge >= 0.3 is 0 Å². The molecule has 0 saturated heterocycles. The Hall–Kier alpha value is -0.770. The summed E-state index contributed by atoms with van der Waals surface area (Å²) in [4.78, 5) is 4.61. The van der Waals surface area contributed by atoms with E-state index in [1.54, 1.807) is 0 Å². The van der Waals surface area contributed by atoms with Gasteiger partial charge in [-0.05, 0) is 25.7 Å². The Morgan fingerprint density at radius 1 is 1.06 bits per heavy atom. The van der Waals surface area contributed by atoms with E-state index in [-0.39, 0.29) is 12.6 Å². The van der Waals surface area contributed by atoms with Crippen LogP contribution in [-0.2, 0) is 0 Å². The van der Waals surface area contributed by atoms with Crippen molar-refractivity contribution < 1.29 is 5.11 Å². The average molecular weight is 253 g/mol. The molecular formula is C14H27N3O. The first-order valence-corrected chi connectivity index (χ1v) is 7.50. The molecule has 0 aliphatic heterocycles. The lowest BCUT2D eigenvalue weighted by atomic mass is 9.85. The van der Waals surface area contributed by atoms with Gasteiger partial charge in [0.25, 0.3) is 0 Å². The van der Waals surface area contributed by atoms with E-state index in [9.17, 15) is 5.11 Å². The lowest BCUT2D eigenvalue weighted by Crippen LogP contribution is -2.42. The number of hydrogen-bond acceptors (Lipinski definition) is 2. The Kier molecular flexibility index (Phi) is 5.29. The number of nitrogens with one attached hydrogen (secondary N) is 1. The van der Waals surface area contributed by atoms with Crippen LogP contribution in [0.3, 0.4) is 0 Å². The minimum atomic E-state index is 0.222. The van der Waals surface area contributed by atoms with Gasteiger partial charge in [0.1, 0.15) is 0 Å². The molecule has 2 atom stereocenters. The highest BCUT2D eigenvalue weighted by Gasteiger charge is 2.24. The fourth-order valence-electron chi connectivity index (χ4n) is 3.24. The first-order chi connectivity index (χ1) is 8.79. The summed E-state index contributed by atoms with van der Waals surface area (Å²) < 4.78 is 0. The molecule has 0 bridgehead atoms. The van der Waals surface area contributed by atoms with Gasteiger partial charge in [0.2, 0.25) is 0 Å². The molecule has 2 aliphatic rings. The third-order valence-corrected chi connectivity index (χ3v) is 4.37. The molecule has 104 valence electrons. The summed E-state index contributed by atoms with van der Waals surface area (Å²) in [5.74, 6) is 0.901. The maximum atomic E-state index is 9.37. The molecule has 0 aromatic carbocycles. The zero-order valence-corrected chi connectivity index (χ0v) is 11.3. The summed E-state index contributed by atoms with van der Waals surface area (Å²) in [7, 11) is 0. The third kappa shape index (κ3) is 3.87. The Bertz CT molecular complexity index is 274. The number of nitrogens with zero attached hydrogens (tertiary/aromatic N) is 1. The number of hydrogen-bond donors (Lipinski definition) is 3. The van der Waals surface area contributed by atoms with E-state index in [1.165, 1.54) is 44.9 Å². The highest BCUT2D eigenvalue weighted by Crippen LogP contribution is 2.26. The number of nitrogens with two attached hydrogens (primary N) is 1. The molecule has 0 radical (unpaired) electrons. The molecule has 0 amide bonds. The number of aliphatic hydroxyl groups excluding tert-OH is 1. The lowest BCUT2D eigenvalue weighted by molar-refractivity contribution is 0.171. The van der Waals surface area contributed by atoms with Crippen LogP contribution in [0.5, 0.6) is 0 Å². The van der Waals surface area contributed by atoms with Crippen molar-refractivity contribution in [2.75, 3.05) is 6.61 Å². The van der Waals surface area contributed by atoms with Crippen molar-refractivity contribution in [3.63, 3.8) is 0 Å². The molecular weight excluding hydrogens is 226 g/mol. The van der Waals surface area contributed by atoms with Crippen molar-refractivity contribution in [3.05, 3.63) is 0 Å². The van der Waals surface area contributed by atoms with Gasteiger partial charge in [-0.3, -0.25) is 0 Å². The van der Waals surface area contributed by atoms with Gasteiger partial charge in [0.05, 0.1) is 6.04 Å². The van der Waals surface area contributed by atoms with Gasteiger partial charge in [-0.1, -0.05) is 32.1 Å². The van der Waals surface area contributed by atoms with E-state index in [4.69, 9.17) is 5.73 Å². The molecule has 4 N–H and O–H groups in total. The molecule has 4 nitrogen and oxygen atoms in total. The van der Waals surface area contributed by atoms with Crippen LogP contribution >= 0.6 is 0 Å². The standard InChI is InChI=1S/C14H27N3O/c15-14(16-12-7-2-1-3-8-12)17-13-9-5-4-6-11(13)10-18/h11-13,18H,1-10H2,(H3,15,16,17). The van der Waals surface area contributed by atoms with Gasteiger partial charge in [-0.15, -0.1) is 0 Å². The second kappa shape index (κ2) is 6.98. The molecule has 0 aromatic rings. The van der Waals surface area contributed by atoms with E-state index in [0.29, 0.717) is 17.9 Å². The Labute approximate surface area is 110 Å². The van der Waals surface area contributed by atoms with E-state index >= 15 is 0 Å². The maximum absolute atomic E-state index is 9.37. The van der Waals surface area contributed by atoms with Gasteiger partial charge in [0, 0.05) is 18.6 Å². The summed E-state index contributed by atoms with van der Waals surface area (Å²) in [6, 6.07) is 0.735. The summed E-state index contributed by atoms with van der Waals surface area (Å²) in [6.07, 6.45) is 11.0. The molecule has 2 fully saturated rings. The predicted molar refractivity (Wildman–Crippen MR) is 74.5 cm³/mol. The average Bonchev–Trinajstić information content (AvgIpc) is 2.40. The molecule has 2 saturated carbocycles. The highest BCUT2D eigenvalue weighted by molar-refractivity contribution is 5.78. The Morgan fingerprint density at radius 3 is 2.44 bits per heavy atom. The molecule has 18 heavy (non-hydrogen) atoms. The van der Waals surface area contributed by atoms with Crippen LogP contribution in [0.2, 0.25) is 0 Å². The maximum Gasteiger partial charge on any atom is 0.189 e. The minimum Gasteiger partial charge on any atom is -0.396 e. The van der Waals surface area contributed by atoms with Crippen molar-refractivity contribution in [2.24, 2.45) is 16.6 Å². The van der Waals surface area contributed by atoms with Crippen molar-refractivity contribution in [1.29, 1.82) is 0 Å². The smallest absolute Gasteiger partial charge is 0.189 e. The number of guanidine groups is 1. The highest BCUT2D eigenvalue weighted by atomic mass is 16.3. The molecule has 0 heterocycles. The van der Waals surface area contributed by atoms with E-state index in [2.05, 4.69) is 10.3 Å². The van der Waals surface area contributed by atoms with Crippen LogP contribution in [-0.4, -0.2) is 29.8 Å². The topological polar surface area (TPSA) is 70.6 Å². The number of aliphatic imine (C=N–C) groups is 1. The molecule has 0 spiro atoms. The van der Waals surface area contributed by atoms with E-state index in [0.717, 1.165) is 12.8 Å². The van der Waals surface area contributed by atoms with Gasteiger partial charge in [-0.25, -0.2) is 4.99 Å². The van der Waals surface area contributed by atoms with E-state index < -0.39 is 0 Å². The second-order valence-electron chi connectivity index (χ2n) is 5.79. The predicted octanol–water partition coefficient (Wildman–Crippen LogP) is 1.77. The van der Waals surface area contributed by atoms with Crippen molar-refractivity contribution in [3.8, 4) is 0 Å². The molecule has 4 heteroatoms. The molecule has 2 unspecified atom stereocenters. The summed E-state index contributed by atoms with van der Waals surface area (Å²) in [5, 5.41) is 12.7. The first-order valence-electron chi connectivity index (χ1n) is 7.50. The lowest BCUT2D eigenvalue weighted by Gasteiger charge is -2.28. The van der Waals surface area contributed by atoms with Crippen molar-refractivity contribution in [1.82, 2.24) is 5.32 Å². The van der Waals surface area contributed by atoms with Crippen molar-refractivity contribution >= 4 is 5.96 Å². The zero-order valence-electron chi connectivity index (χ0n) is 11.3. The van der Waals surface area contributed by atoms with E-state index in [1.807, 2.05) is 0 Å². The summed E-state index contributed by atoms with van der Waals surface area (Å²) in [5.41, 5.74) is 6.01. The first kappa shape index (κ1) is 13.7. The van der Waals surface area contributed by atoms with Crippen molar-refractivity contribution in [2.45, 2.75) is 69.9 Å². The molecule has 0 aromatic heterocycles. The van der Waals surface area contributed by atoms with Gasteiger partial charge < -0.3 is 16.2 Å². The van der Waals surface area contributed by atoms with Crippen LogP contribution in [0.25, 0.3) is 0 Å². The second-order valence-corrected chi connectivity index (χ2v) is 5.79. The summed E-state index contributed by atoms with van der Waals surface area (Å²) >= 11 is 0. The quantitative estimate of drug-likeness (QED) is 0.530. The molecule has 2 rings (SSSR count). The summed E-state index contributed by atoms with van der Waals surface area (Å²) in [6.45, 7) is 0.241. The van der Waals surface area contributed by atoms with Crippen LogP contribution in [0, 0.1) is 5.92 Å². The van der Waals surface area contributed by atoms with Crippen LogP contribution in [0.15, 0.2) is 4.99 Å². The minimum absolute atomic E-state index is 0.222. The fourth-order valence-corrected chi connectivity index (χ4v) is 3.24. The van der Waals surface area contributed by atoms with Crippen LogP contribution < -0.4 is 11.1 Å². The van der Waals surface area contributed by atoms with Crippen LogP contribution in [0.4, 0.5) is 0 Å².